The molecule has 0 spiro atoms. The number of ether oxygens (including phenoxy) is 1. The van der Waals surface area contributed by atoms with E-state index in [9.17, 15) is 9.59 Å². The molecular formula is C17H17ClN8O3. The molecule has 29 heavy (non-hydrogen) atoms. The van der Waals surface area contributed by atoms with E-state index in [1.807, 2.05) is 0 Å². The molecule has 0 aliphatic heterocycles. The summed E-state index contributed by atoms with van der Waals surface area (Å²) in [5, 5.41) is 13.4. The number of amides is 3. The van der Waals surface area contributed by atoms with Crippen molar-refractivity contribution in [2.45, 2.75) is 13.0 Å². The first-order chi connectivity index (χ1) is 13.9. The van der Waals surface area contributed by atoms with Crippen molar-refractivity contribution in [2.24, 2.45) is 5.73 Å². The van der Waals surface area contributed by atoms with E-state index in [2.05, 4.69) is 30.8 Å². The Hall–Kier alpha value is -3.57. The number of nitrogens with zero attached hydrogens (tertiary/aromatic N) is 5. The van der Waals surface area contributed by atoms with Crippen molar-refractivity contribution in [1.29, 1.82) is 0 Å². The van der Waals surface area contributed by atoms with E-state index in [4.69, 9.17) is 22.1 Å². The Bertz CT molecular complexity index is 1040. The minimum absolute atomic E-state index is 0.151. The zero-order valence-electron chi connectivity index (χ0n) is 15.5. The lowest BCUT2D eigenvalue weighted by molar-refractivity contribution is 0.0977. The zero-order chi connectivity index (χ0) is 21.0. The highest BCUT2D eigenvalue weighted by atomic mass is 35.5. The summed E-state index contributed by atoms with van der Waals surface area (Å²) in [6.07, 6.45) is 6.60. The van der Waals surface area contributed by atoms with E-state index in [0.29, 0.717) is 17.1 Å². The van der Waals surface area contributed by atoms with Crippen LogP contribution in [-0.4, -0.2) is 44.0 Å². The number of anilines is 2. The van der Waals surface area contributed by atoms with Crippen LogP contribution in [0.5, 0.6) is 0 Å². The number of urea groups is 1. The third-order valence-corrected chi connectivity index (χ3v) is 4.23. The minimum atomic E-state index is -0.681. The minimum Gasteiger partial charge on any atom is -0.377 e. The van der Waals surface area contributed by atoms with Crippen molar-refractivity contribution in [3.63, 3.8) is 0 Å². The number of pyridine rings is 2. The van der Waals surface area contributed by atoms with Crippen LogP contribution in [0.15, 0.2) is 37.1 Å². The van der Waals surface area contributed by atoms with Gasteiger partial charge in [-0.1, -0.05) is 11.6 Å². The number of rotatable bonds is 6. The Morgan fingerprint density at radius 2 is 1.93 bits per heavy atom. The van der Waals surface area contributed by atoms with E-state index in [-0.39, 0.29) is 16.3 Å². The maximum atomic E-state index is 12.4. The van der Waals surface area contributed by atoms with Gasteiger partial charge in [0.1, 0.15) is 0 Å². The number of hydrogen-bond acceptors (Lipinski definition) is 7. The van der Waals surface area contributed by atoms with Crippen LogP contribution in [-0.2, 0) is 4.74 Å². The molecule has 0 fully saturated rings. The quantitative estimate of drug-likeness (QED) is 0.557. The molecular weight excluding hydrogens is 400 g/mol. The van der Waals surface area contributed by atoms with Crippen molar-refractivity contribution >= 4 is 34.9 Å². The lowest BCUT2D eigenvalue weighted by Gasteiger charge is -2.18. The molecule has 0 saturated carbocycles. The van der Waals surface area contributed by atoms with Crippen molar-refractivity contribution in [2.75, 3.05) is 17.7 Å². The normalized spacial score (nSPS) is 11.7. The first kappa shape index (κ1) is 20.2. The van der Waals surface area contributed by atoms with Gasteiger partial charge in [0, 0.05) is 18.9 Å². The average molecular weight is 417 g/mol. The second-order valence-corrected chi connectivity index (χ2v) is 6.22. The number of carbonyl (C=O) groups excluding carboxylic acids is 2. The molecule has 1 unspecified atom stereocenters. The first-order valence-electron chi connectivity index (χ1n) is 8.31. The highest BCUT2D eigenvalue weighted by molar-refractivity contribution is 6.32. The monoisotopic (exact) mass is 416 g/mol. The van der Waals surface area contributed by atoms with Crippen molar-refractivity contribution in [1.82, 2.24) is 25.0 Å². The van der Waals surface area contributed by atoms with Gasteiger partial charge >= 0.3 is 6.03 Å². The molecule has 1 atom stereocenters. The SMILES string of the molecule is COC(C)c1c(NC(=O)Nc2cnc(-n3nccn3)c(Cl)c2)cncc1C(N)=O. The molecule has 11 nitrogen and oxygen atoms in total. The van der Waals surface area contributed by atoms with Crippen LogP contribution in [0.4, 0.5) is 16.2 Å². The lowest BCUT2D eigenvalue weighted by atomic mass is 10.0. The summed E-state index contributed by atoms with van der Waals surface area (Å²) in [6, 6.07) is 0.907. The second kappa shape index (κ2) is 8.63. The molecule has 12 heteroatoms. The number of nitrogens with two attached hydrogens (primary N) is 1. The fourth-order valence-electron chi connectivity index (χ4n) is 2.58. The molecule has 4 N–H and O–H groups in total. The number of nitrogens with one attached hydrogen (secondary N) is 2. The summed E-state index contributed by atoms with van der Waals surface area (Å²) in [5.74, 6) is -0.364. The maximum absolute atomic E-state index is 12.4. The van der Waals surface area contributed by atoms with Gasteiger partial charge in [-0.3, -0.25) is 9.78 Å². The van der Waals surface area contributed by atoms with Gasteiger partial charge in [0.05, 0.1) is 52.9 Å². The summed E-state index contributed by atoms with van der Waals surface area (Å²) >= 11 is 6.19. The number of methoxy groups -OCH3 is 1. The molecule has 0 aromatic carbocycles. The standard InChI is InChI=1S/C17H17ClN8O3/c1-9(29-2)14-11(15(19)27)7-20-8-13(14)25-17(28)24-10-5-12(18)16(21-6-10)26-22-3-4-23-26/h3-9H,1-2H3,(H2,19,27)(H2,24,25,28). The Morgan fingerprint density at radius 3 is 2.55 bits per heavy atom. The number of halogens is 1. The summed E-state index contributed by atoms with van der Waals surface area (Å²) < 4.78 is 5.28. The number of primary amides is 1. The maximum Gasteiger partial charge on any atom is 0.323 e. The largest absolute Gasteiger partial charge is 0.377 e. The van der Waals surface area contributed by atoms with E-state index in [1.54, 1.807) is 6.92 Å². The van der Waals surface area contributed by atoms with Crippen LogP contribution >= 0.6 is 11.6 Å². The van der Waals surface area contributed by atoms with Gasteiger partial charge in [-0.2, -0.15) is 10.2 Å². The third-order valence-electron chi connectivity index (χ3n) is 3.95. The molecule has 0 bridgehead atoms. The number of hydrogen-bond donors (Lipinski definition) is 3. The van der Waals surface area contributed by atoms with Gasteiger partial charge in [0.15, 0.2) is 5.82 Å². The number of carbonyl (C=O) groups is 2. The fourth-order valence-corrected chi connectivity index (χ4v) is 2.82. The molecule has 3 amide bonds. The van der Waals surface area contributed by atoms with Crippen molar-refractivity contribution in [3.05, 3.63) is 53.2 Å². The summed E-state index contributed by atoms with van der Waals surface area (Å²) in [4.78, 5) is 33.5. The Kier molecular flexibility index (Phi) is 6.00. The Labute approximate surface area is 170 Å². The predicted octanol–water partition coefficient (Wildman–Crippen LogP) is 2.16. The lowest BCUT2D eigenvalue weighted by Crippen LogP contribution is -2.23. The summed E-state index contributed by atoms with van der Waals surface area (Å²) in [5.41, 5.74) is 6.59. The topological polar surface area (TPSA) is 150 Å². The van der Waals surface area contributed by atoms with Gasteiger partial charge in [-0.15, -0.1) is 4.80 Å². The molecule has 3 heterocycles. The van der Waals surface area contributed by atoms with Crippen molar-refractivity contribution < 1.29 is 14.3 Å². The van der Waals surface area contributed by atoms with Gasteiger partial charge in [0.2, 0.25) is 0 Å². The smallest absolute Gasteiger partial charge is 0.323 e. The van der Waals surface area contributed by atoms with Crippen LogP contribution in [0.3, 0.4) is 0 Å². The van der Waals surface area contributed by atoms with Crippen LogP contribution in [0.1, 0.15) is 28.9 Å². The van der Waals surface area contributed by atoms with E-state index in [1.165, 1.54) is 49.0 Å². The van der Waals surface area contributed by atoms with Crippen LogP contribution in [0, 0.1) is 0 Å². The predicted molar refractivity (Wildman–Crippen MR) is 105 cm³/mol. The van der Waals surface area contributed by atoms with Crippen molar-refractivity contribution in [3.8, 4) is 5.82 Å². The number of aromatic nitrogens is 5. The van der Waals surface area contributed by atoms with Gasteiger partial charge in [-0.05, 0) is 13.0 Å². The molecule has 0 aliphatic carbocycles. The summed E-state index contributed by atoms with van der Waals surface area (Å²) in [7, 11) is 1.48. The van der Waals surface area contributed by atoms with Crippen LogP contribution in [0.25, 0.3) is 5.82 Å². The second-order valence-electron chi connectivity index (χ2n) is 5.82. The Balaban J connectivity index is 1.80. The highest BCUT2D eigenvalue weighted by Gasteiger charge is 2.20. The van der Waals surface area contributed by atoms with E-state index < -0.39 is 18.0 Å². The van der Waals surface area contributed by atoms with Gasteiger partial charge in [-0.25, -0.2) is 9.78 Å². The molecule has 3 aromatic heterocycles. The fraction of sp³-hybridized carbons (Fsp3) is 0.176. The average Bonchev–Trinajstić information content (AvgIpc) is 3.21. The zero-order valence-corrected chi connectivity index (χ0v) is 16.2. The van der Waals surface area contributed by atoms with E-state index >= 15 is 0 Å². The third kappa shape index (κ3) is 4.47. The highest BCUT2D eigenvalue weighted by Crippen LogP contribution is 2.28. The van der Waals surface area contributed by atoms with E-state index in [0.717, 1.165) is 0 Å². The van der Waals surface area contributed by atoms with Crippen LogP contribution < -0.4 is 16.4 Å². The molecule has 3 aromatic rings. The van der Waals surface area contributed by atoms with Gasteiger partial charge in [0.25, 0.3) is 5.91 Å². The molecule has 150 valence electrons. The Morgan fingerprint density at radius 1 is 1.21 bits per heavy atom. The van der Waals surface area contributed by atoms with Crippen LogP contribution in [0.2, 0.25) is 5.02 Å². The van der Waals surface area contributed by atoms with Gasteiger partial charge < -0.3 is 21.1 Å². The molecule has 0 saturated heterocycles. The molecule has 0 aliphatic rings. The first-order valence-corrected chi connectivity index (χ1v) is 8.69. The molecule has 3 rings (SSSR count). The molecule has 0 radical (unpaired) electrons. The summed E-state index contributed by atoms with van der Waals surface area (Å²) in [6.45, 7) is 1.72.